The molecule has 0 amide bonds. The number of carboxylic acids is 1. The summed E-state index contributed by atoms with van der Waals surface area (Å²) in [7, 11) is 0. The molecule has 6 nitrogen and oxygen atoms in total. The van der Waals surface area contributed by atoms with E-state index < -0.39 is 5.97 Å². The van der Waals surface area contributed by atoms with Gasteiger partial charge in [-0.05, 0) is 26.0 Å². The summed E-state index contributed by atoms with van der Waals surface area (Å²) in [6, 6.07) is 4.91. The van der Waals surface area contributed by atoms with E-state index in [4.69, 9.17) is 15.2 Å². The molecule has 1 aromatic rings. The largest absolute Gasteiger partial charge is 0.478 e. The Morgan fingerprint density at radius 1 is 1.19 bits per heavy atom. The molecule has 0 aliphatic rings. The zero-order valence-corrected chi connectivity index (χ0v) is 12.7. The van der Waals surface area contributed by atoms with Gasteiger partial charge in [-0.15, -0.1) is 0 Å². The first kappa shape index (κ1) is 17.3. The maximum absolute atomic E-state index is 11.4. The number of carbonyl (C=O) groups is 1. The van der Waals surface area contributed by atoms with Crippen LogP contribution in [-0.2, 0) is 9.47 Å². The van der Waals surface area contributed by atoms with Crippen LogP contribution in [-0.4, -0.2) is 50.6 Å². The Balaban J connectivity index is 2.97. The van der Waals surface area contributed by atoms with Gasteiger partial charge in [0.1, 0.15) is 0 Å². The Labute approximate surface area is 125 Å². The van der Waals surface area contributed by atoms with Crippen molar-refractivity contribution < 1.29 is 19.4 Å². The van der Waals surface area contributed by atoms with Gasteiger partial charge in [-0.1, -0.05) is 6.07 Å². The average Bonchev–Trinajstić information content (AvgIpc) is 2.46. The number of ether oxygens (including phenoxy) is 2. The third kappa shape index (κ3) is 5.24. The summed E-state index contributed by atoms with van der Waals surface area (Å²) in [4.78, 5) is 13.3. The lowest BCUT2D eigenvalue weighted by atomic mass is 10.1. The summed E-state index contributed by atoms with van der Waals surface area (Å²) in [6.07, 6.45) is 0. The second-order valence-corrected chi connectivity index (χ2v) is 4.43. The molecule has 3 N–H and O–H groups in total. The summed E-state index contributed by atoms with van der Waals surface area (Å²) in [5.74, 6) is -0.991. The van der Waals surface area contributed by atoms with Crippen molar-refractivity contribution >= 4 is 17.3 Å². The molecule has 1 rings (SSSR count). The Bertz CT molecular complexity index is 441. The molecular formula is C15H24N2O4. The van der Waals surface area contributed by atoms with Gasteiger partial charge in [-0.3, -0.25) is 0 Å². The van der Waals surface area contributed by atoms with Crippen molar-refractivity contribution in [3.8, 4) is 0 Å². The first-order valence-corrected chi connectivity index (χ1v) is 7.14. The standard InChI is InChI=1S/C15H24N2O4/c1-3-20-10-8-17(9-11-21-4-2)14-12(15(18)19)6-5-7-13(14)16/h5-7H,3-4,8-11,16H2,1-2H3,(H,18,19). The van der Waals surface area contributed by atoms with Gasteiger partial charge in [-0.2, -0.15) is 0 Å². The van der Waals surface area contributed by atoms with Gasteiger partial charge in [-0.25, -0.2) is 4.79 Å². The first-order valence-electron chi connectivity index (χ1n) is 7.14. The molecular weight excluding hydrogens is 272 g/mol. The number of rotatable bonds is 10. The van der Waals surface area contributed by atoms with Crippen LogP contribution < -0.4 is 10.6 Å². The summed E-state index contributed by atoms with van der Waals surface area (Å²) >= 11 is 0. The van der Waals surface area contributed by atoms with E-state index in [1.54, 1.807) is 18.2 Å². The molecule has 0 aliphatic heterocycles. The highest BCUT2D eigenvalue weighted by molar-refractivity contribution is 5.98. The van der Waals surface area contributed by atoms with Crippen molar-refractivity contribution in [3.05, 3.63) is 23.8 Å². The molecule has 0 saturated carbocycles. The predicted molar refractivity (Wildman–Crippen MR) is 83.0 cm³/mol. The van der Waals surface area contributed by atoms with E-state index in [-0.39, 0.29) is 5.56 Å². The fourth-order valence-corrected chi connectivity index (χ4v) is 2.06. The minimum atomic E-state index is -0.991. The number of hydrogen-bond donors (Lipinski definition) is 2. The van der Waals surface area contributed by atoms with Crippen LogP contribution in [0.15, 0.2) is 18.2 Å². The zero-order valence-electron chi connectivity index (χ0n) is 12.7. The number of anilines is 2. The van der Waals surface area contributed by atoms with E-state index in [1.165, 1.54) is 0 Å². The number of nitrogens with zero attached hydrogens (tertiary/aromatic N) is 1. The lowest BCUT2D eigenvalue weighted by Crippen LogP contribution is -2.33. The van der Waals surface area contributed by atoms with Crippen LogP contribution >= 0.6 is 0 Å². The maximum atomic E-state index is 11.4. The lowest BCUT2D eigenvalue weighted by molar-refractivity contribution is 0.0697. The molecule has 0 aromatic heterocycles. The monoisotopic (exact) mass is 296 g/mol. The van der Waals surface area contributed by atoms with Crippen molar-refractivity contribution in [2.75, 3.05) is 50.2 Å². The Morgan fingerprint density at radius 3 is 2.24 bits per heavy atom. The van der Waals surface area contributed by atoms with Gasteiger partial charge in [0.25, 0.3) is 0 Å². The van der Waals surface area contributed by atoms with Crippen molar-refractivity contribution in [2.24, 2.45) is 0 Å². The highest BCUT2D eigenvalue weighted by atomic mass is 16.5. The number of para-hydroxylation sites is 1. The molecule has 0 spiro atoms. The van der Waals surface area contributed by atoms with Crippen LogP contribution in [0.1, 0.15) is 24.2 Å². The van der Waals surface area contributed by atoms with E-state index in [0.717, 1.165) is 0 Å². The van der Waals surface area contributed by atoms with Gasteiger partial charge in [0.15, 0.2) is 0 Å². The molecule has 0 heterocycles. The van der Waals surface area contributed by atoms with Crippen molar-refractivity contribution in [2.45, 2.75) is 13.8 Å². The fraction of sp³-hybridized carbons (Fsp3) is 0.533. The molecule has 0 unspecified atom stereocenters. The van der Waals surface area contributed by atoms with Gasteiger partial charge < -0.3 is 25.2 Å². The van der Waals surface area contributed by atoms with Crippen LogP contribution in [0.5, 0.6) is 0 Å². The number of hydrogen-bond acceptors (Lipinski definition) is 5. The smallest absolute Gasteiger partial charge is 0.337 e. The van der Waals surface area contributed by atoms with Crippen LogP contribution in [0.25, 0.3) is 0 Å². The summed E-state index contributed by atoms with van der Waals surface area (Å²) in [5, 5.41) is 9.34. The van der Waals surface area contributed by atoms with Gasteiger partial charge in [0.2, 0.25) is 0 Å². The van der Waals surface area contributed by atoms with Gasteiger partial charge >= 0.3 is 5.97 Å². The SMILES string of the molecule is CCOCCN(CCOCC)c1c(N)cccc1C(=O)O. The van der Waals surface area contributed by atoms with Crippen molar-refractivity contribution in [1.82, 2.24) is 0 Å². The summed E-state index contributed by atoms with van der Waals surface area (Å²) < 4.78 is 10.7. The Kier molecular flexibility index (Phi) is 7.56. The zero-order chi connectivity index (χ0) is 15.7. The molecule has 21 heavy (non-hydrogen) atoms. The van der Waals surface area contributed by atoms with E-state index in [0.29, 0.717) is 50.9 Å². The minimum absolute atomic E-state index is 0.197. The first-order chi connectivity index (χ1) is 10.1. The molecule has 0 bridgehead atoms. The minimum Gasteiger partial charge on any atom is -0.478 e. The number of carboxylic acid groups (broad SMARTS) is 1. The molecule has 0 fully saturated rings. The van der Waals surface area contributed by atoms with E-state index in [1.807, 2.05) is 18.7 Å². The molecule has 0 aliphatic carbocycles. The predicted octanol–water partition coefficient (Wildman–Crippen LogP) is 1.85. The number of nitrogens with two attached hydrogens (primary N) is 1. The normalized spacial score (nSPS) is 10.6. The quantitative estimate of drug-likeness (QED) is 0.506. The highest BCUT2D eigenvalue weighted by Gasteiger charge is 2.18. The molecule has 1 aromatic carbocycles. The summed E-state index contributed by atoms with van der Waals surface area (Å²) in [6.45, 7) is 7.23. The second-order valence-electron chi connectivity index (χ2n) is 4.43. The Morgan fingerprint density at radius 2 is 1.76 bits per heavy atom. The average molecular weight is 296 g/mol. The third-order valence-corrected chi connectivity index (χ3v) is 3.03. The molecule has 118 valence electrons. The third-order valence-electron chi connectivity index (χ3n) is 3.03. The maximum Gasteiger partial charge on any atom is 0.337 e. The van der Waals surface area contributed by atoms with E-state index >= 15 is 0 Å². The van der Waals surface area contributed by atoms with Crippen LogP contribution in [0.2, 0.25) is 0 Å². The van der Waals surface area contributed by atoms with Crippen LogP contribution in [0.3, 0.4) is 0 Å². The van der Waals surface area contributed by atoms with E-state index in [9.17, 15) is 9.90 Å². The van der Waals surface area contributed by atoms with Crippen molar-refractivity contribution in [1.29, 1.82) is 0 Å². The number of nitrogen functional groups attached to an aromatic ring is 1. The number of aromatic carboxylic acids is 1. The second kappa shape index (κ2) is 9.20. The van der Waals surface area contributed by atoms with Crippen LogP contribution in [0.4, 0.5) is 11.4 Å². The van der Waals surface area contributed by atoms with Crippen LogP contribution in [0, 0.1) is 0 Å². The van der Waals surface area contributed by atoms with Gasteiger partial charge in [0.05, 0.1) is 30.2 Å². The molecule has 0 saturated heterocycles. The topological polar surface area (TPSA) is 85.0 Å². The Hall–Kier alpha value is -1.79. The van der Waals surface area contributed by atoms with Gasteiger partial charge in [0, 0.05) is 26.3 Å². The molecule has 0 atom stereocenters. The highest BCUT2D eigenvalue weighted by Crippen LogP contribution is 2.27. The fourth-order valence-electron chi connectivity index (χ4n) is 2.06. The van der Waals surface area contributed by atoms with E-state index in [2.05, 4.69) is 0 Å². The number of benzene rings is 1. The molecule has 6 heteroatoms. The molecule has 0 radical (unpaired) electrons. The van der Waals surface area contributed by atoms with Crippen molar-refractivity contribution in [3.63, 3.8) is 0 Å². The lowest BCUT2D eigenvalue weighted by Gasteiger charge is -2.27. The summed E-state index contributed by atoms with van der Waals surface area (Å²) in [5.41, 5.74) is 7.16.